The lowest BCUT2D eigenvalue weighted by Gasteiger charge is -2.30. The molecule has 45 heavy (non-hydrogen) atoms. The van der Waals surface area contributed by atoms with Gasteiger partial charge >= 0.3 is 12.2 Å². The lowest BCUT2D eigenvalue weighted by atomic mass is 10.0. The number of carbonyl (C=O) groups is 5. The van der Waals surface area contributed by atoms with Gasteiger partial charge < -0.3 is 30.3 Å². The van der Waals surface area contributed by atoms with Gasteiger partial charge in [-0.25, -0.2) is 9.59 Å². The zero-order valence-corrected chi connectivity index (χ0v) is 26.6. The fraction of sp³-hybridized carbons (Fsp3) is 0.606. The van der Waals surface area contributed by atoms with Gasteiger partial charge in [-0.15, -0.1) is 0 Å². The Labute approximate surface area is 264 Å². The smallest absolute Gasteiger partial charge is 0.410 e. The van der Waals surface area contributed by atoms with Gasteiger partial charge in [0.1, 0.15) is 29.3 Å². The number of carbonyl (C=O) groups excluding carboxylic acids is 5. The zero-order valence-electron chi connectivity index (χ0n) is 26.6. The van der Waals surface area contributed by atoms with Gasteiger partial charge in [0.25, 0.3) is 0 Å². The molecule has 1 saturated carbocycles. The summed E-state index contributed by atoms with van der Waals surface area (Å²) in [7, 11) is 1.53. The number of likely N-dealkylation sites (N-methyl/N-ethyl adjacent to an activating group) is 1. The molecule has 1 aromatic carbocycles. The van der Waals surface area contributed by atoms with Gasteiger partial charge in [-0.2, -0.15) is 0 Å². The molecule has 12 heteroatoms. The van der Waals surface area contributed by atoms with E-state index in [9.17, 15) is 24.0 Å². The van der Waals surface area contributed by atoms with Gasteiger partial charge in [0.05, 0.1) is 6.54 Å². The van der Waals surface area contributed by atoms with E-state index < -0.39 is 53.3 Å². The number of hydrogen-bond acceptors (Lipinski definition) is 7. The number of hydrogen-bond donors (Lipinski definition) is 3. The number of benzene rings is 1. The molecule has 2 fully saturated rings. The predicted molar refractivity (Wildman–Crippen MR) is 165 cm³/mol. The molecule has 4 aliphatic rings. The summed E-state index contributed by atoms with van der Waals surface area (Å²) in [6.07, 6.45) is 6.06. The van der Waals surface area contributed by atoms with Crippen molar-refractivity contribution < 1.29 is 33.4 Å². The summed E-state index contributed by atoms with van der Waals surface area (Å²) in [5, 5.41) is 8.34. The number of fused-ring (bicyclic) bond motifs is 3. The second-order valence-corrected chi connectivity index (χ2v) is 13.5. The van der Waals surface area contributed by atoms with E-state index in [1.165, 1.54) is 11.9 Å². The minimum Gasteiger partial charge on any atom is -0.444 e. The standard InChI is InChI=1S/C33H45N5O7/c1-32(2,3)45-30(42)35-25-15-9-7-5-6-8-14-23-17-33(23,29(41)34-4)36-27(39)26-16-24(20-38(26)28(25)40)44-31(43)37-18-21-12-10-11-13-22(21)19-37/h8,10-14,23-26H,5-7,9,15-20H2,1-4H3,(H,34,41)(H,35,42)(H,36,39)/b14-8-/t23-,24-,25+,26+,33-/m1/s1. The molecule has 244 valence electrons. The summed E-state index contributed by atoms with van der Waals surface area (Å²) < 4.78 is 11.3. The molecule has 0 unspecified atom stereocenters. The van der Waals surface area contributed by atoms with Gasteiger partial charge in [0.2, 0.25) is 17.7 Å². The molecule has 0 bridgehead atoms. The van der Waals surface area contributed by atoms with Crippen molar-refractivity contribution in [2.45, 2.75) is 108 Å². The molecule has 1 aliphatic carbocycles. The fourth-order valence-electron chi connectivity index (χ4n) is 6.52. The van der Waals surface area contributed by atoms with Gasteiger partial charge in [-0.3, -0.25) is 19.3 Å². The van der Waals surface area contributed by atoms with Crippen LogP contribution in [0, 0.1) is 5.92 Å². The Kier molecular flexibility index (Phi) is 9.41. The molecule has 3 N–H and O–H groups in total. The number of rotatable bonds is 3. The fourth-order valence-corrected chi connectivity index (χ4v) is 6.52. The lowest BCUT2D eigenvalue weighted by molar-refractivity contribution is -0.141. The van der Waals surface area contributed by atoms with Crippen molar-refractivity contribution in [2.75, 3.05) is 13.6 Å². The molecule has 12 nitrogen and oxygen atoms in total. The third-order valence-electron chi connectivity index (χ3n) is 8.93. The maximum Gasteiger partial charge on any atom is 0.410 e. The van der Waals surface area contributed by atoms with Crippen LogP contribution < -0.4 is 16.0 Å². The van der Waals surface area contributed by atoms with Crippen LogP contribution in [-0.4, -0.2) is 82.6 Å². The molecule has 0 radical (unpaired) electrons. The molecule has 1 saturated heterocycles. The van der Waals surface area contributed by atoms with Gasteiger partial charge in [0, 0.05) is 32.5 Å². The highest BCUT2D eigenvalue weighted by atomic mass is 16.6. The van der Waals surface area contributed by atoms with Crippen molar-refractivity contribution in [1.29, 1.82) is 0 Å². The normalized spacial score (nSPS) is 29.2. The van der Waals surface area contributed by atoms with Crippen molar-refractivity contribution in [1.82, 2.24) is 25.8 Å². The summed E-state index contributed by atoms with van der Waals surface area (Å²) in [4.78, 5) is 70.1. The topological polar surface area (TPSA) is 146 Å². The second kappa shape index (κ2) is 13.1. The first-order chi connectivity index (χ1) is 21.4. The summed E-state index contributed by atoms with van der Waals surface area (Å²) in [5.74, 6) is -1.42. The third kappa shape index (κ3) is 7.42. The van der Waals surface area contributed by atoms with Crippen LogP contribution in [0.1, 0.15) is 76.8 Å². The Bertz CT molecular complexity index is 1330. The zero-order chi connectivity index (χ0) is 32.4. The first kappa shape index (κ1) is 32.3. The van der Waals surface area contributed by atoms with E-state index in [2.05, 4.69) is 16.0 Å². The predicted octanol–water partition coefficient (Wildman–Crippen LogP) is 3.14. The van der Waals surface area contributed by atoms with E-state index in [-0.39, 0.29) is 24.8 Å². The Hall–Kier alpha value is -4.09. The van der Waals surface area contributed by atoms with Crippen molar-refractivity contribution in [3.8, 4) is 0 Å². The first-order valence-electron chi connectivity index (χ1n) is 15.9. The van der Waals surface area contributed by atoms with Crippen LogP contribution in [0.25, 0.3) is 0 Å². The summed E-state index contributed by atoms with van der Waals surface area (Å²) in [5.41, 5.74) is 0.221. The molecule has 3 aliphatic heterocycles. The summed E-state index contributed by atoms with van der Waals surface area (Å²) in [6, 6.07) is 5.84. The minimum absolute atomic E-state index is 0.0216. The number of ether oxygens (including phenoxy) is 2. The van der Waals surface area contributed by atoms with Gasteiger partial charge in [-0.1, -0.05) is 49.3 Å². The van der Waals surface area contributed by atoms with Crippen LogP contribution in [0.15, 0.2) is 36.4 Å². The monoisotopic (exact) mass is 623 g/mol. The molecule has 1 aromatic rings. The highest BCUT2D eigenvalue weighted by Gasteiger charge is 2.60. The molecular weight excluding hydrogens is 578 g/mol. The average Bonchev–Trinajstić information content (AvgIpc) is 3.29. The van der Waals surface area contributed by atoms with E-state index in [1.54, 1.807) is 25.7 Å². The highest BCUT2D eigenvalue weighted by Crippen LogP contribution is 2.45. The first-order valence-corrected chi connectivity index (χ1v) is 15.9. The van der Waals surface area contributed by atoms with Gasteiger partial charge in [0.15, 0.2) is 0 Å². The quantitative estimate of drug-likeness (QED) is 0.439. The van der Waals surface area contributed by atoms with Crippen LogP contribution in [0.4, 0.5) is 9.59 Å². The van der Waals surface area contributed by atoms with Gasteiger partial charge in [-0.05, 0) is 57.6 Å². The van der Waals surface area contributed by atoms with E-state index in [1.807, 2.05) is 36.4 Å². The molecular formula is C33H45N5O7. The Morgan fingerprint density at radius 1 is 1.04 bits per heavy atom. The molecule has 5 atom stereocenters. The molecule has 5 amide bonds. The van der Waals surface area contributed by atoms with Crippen molar-refractivity contribution in [3.05, 3.63) is 47.5 Å². The lowest BCUT2D eigenvalue weighted by Crippen LogP contribution is -2.57. The van der Waals surface area contributed by atoms with Crippen LogP contribution in [0.2, 0.25) is 0 Å². The maximum absolute atomic E-state index is 14.1. The molecule has 0 spiro atoms. The van der Waals surface area contributed by atoms with Crippen LogP contribution in [0.5, 0.6) is 0 Å². The van der Waals surface area contributed by atoms with Crippen molar-refractivity contribution in [2.24, 2.45) is 5.92 Å². The number of amides is 5. The van der Waals surface area contributed by atoms with E-state index in [4.69, 9.17) is 9.47 Å². The number of allylic oxidation sites excluding steroid dienone is 1. The van der Waals surface area contributed by atoms with E-state index >= 15 is 0 Å². The summed E-state index contributed by atoms with van der Waals surface area (Å²) in [6.45, 7) is 6.03. The number of alkyl carbamates (subject to hydrolysis) is 1. The van der Waals surface area contributed by atoms with E-state index in [0.29, 0.717) is 32.4 Å². The third-order valence-corrected chi connectivity index (χ3v) is 8.93. The Morgan fingerprint density at radius 3 is 2.42 bits per heavy atom. The van der Waals surface area contributed by atoms with Crippen molar-refractivity contribution in [3.63, 3.8) is 0 Å². The molecule has 3 heterocycles. The van der Waals surface area contributed by atoms with Crippen LogP contribution >= 0.6 is 0 Å². The largest absolute Gasteiger partial charge is 0.444 e. The molecule has 0 aromatic heterocycles. The number of nitrogens with zero attached hydrogens (tertiary/aromatic N) is 2. The van der Waals surface area contributed by atoms with Crippen LogP contribution in [0.3, 0.4) is 0 Å². The molecule has 5 rings (SSSR count). The summed E-state index contributed by atoms with van der Waals surface area (Å²) >= 11 is 0. The number of nitrogens with one attached hydrogen (secondary N) is 3. The second-order valence-electron chi connectivity index (χ2n) is 13.5. The van der Waals surface area contributed by atoms with Crippen LogP contribution in [-0.2, 0) is 36.9 Å². The maximum atomic E-state index is 14.1. The van der Waals surface area contributed by atoms with Crippen molar-refractivity contribution >= 4 is 29.9 Å². The Morgan fingerprint density at radius 2 is 1.76 bits per heavy atom. The highest BCUT2D eigenvalue weighted by molar-refractivity contribution is 5.98. The Balaban J connectivity index is 1.38. The van der Waals surface area contributed by atoms with E-state index in [0.717, 1.165) is 30.4 Å². The minimum atomic E-state index is -1.11. The average molecular weight is 624 g/mol. The SMILES string of the molecule is CNC(=O)[C@@]12C[C@H]1/C=C\CCCCC[C@H](NC(=O)OC(C)(C)C)C(=O)N1C[C@H](OC(=O)N3Cc4ccccc4C3)C[C@H]1C(=O)N2.